The number of phosphoric acid groups is 3. The van der Waals surface area contributed by atoms with Gasteiger partial charge in [0.1, 0.15) is 47.9 Å². The van der Waals surface area contributed by atoms with Crippen molar-refractivity contribution in [2.75, 3.05) is 18.9 Å². The number of aliphatic hydroxyl groups excluding tert-OH is 3. The Balaban J connectivity index is 1.21. The van der Waals surface area contributed by atoms with Crippen LogP contribution >= 0.6 is 23.5 Å². The van der Waals surface area contributed by atoms with Crippen molar-refractivity contribution in [3.05, 3.63) is 42.7 Å². The van der Waals surface area contributed by atoms with Crippen molar-refractivity contribution in [1.82, 2.24) is 19.5 Å². The number of anilines is 1. The van der Waals surface area contributed by atoms with E-state index in [1.54, 1.807) is 0 Å². The van der Waals surface area contributed by atoms with E-state index in [2.05, 4.69) is 32.8 Å². The lowest BCUT2D eigenvalue weighted by Gasteiger charge is -2.31. The van der Waals surface area contributed by atoms with Crippen molar-refractivity contribution < 1.29 is 85.3 Å². The van der Waals surface area contributed by atoms with Crippen LogP contribution in [0.15, 0.2) is 37.2 Å². The average Bonchev–Trinajstić information content (AvgIpc) is 3.64. The Morgan fingerprint density at radius 1 is 1.00 bits per heavy atom. The SMILES string of the molecule is NC(=O)c1ccc[n+]([C@H]2O[C@@H](COP(=O)([O-])OP(=O)([O-])OC[C@H]3O[C@@H](n4cnc5c(N)ncnc54)C(OP(=O)(O)O)C3O)C(O)C2O)c1. The zero-order valence-corrected chi connectivity index (χ0v) is 26.5. The van der Waals surface area contributed by atoms with Crippen molar-refractivity contribution in [2.24, 2.45) is 5.73 Å². The molecule has 48 heavy (non-hydrogen) atoms. The minimum absolute atomic E-state index is 0.0178. The number of primary amides is 1. The number of nitrogen functional groups attached to an aromatic ring is 1. The summed E-state index contributed by atoms with van der Waals surface area (Å²) in [6, 6.07) is 2.76. The van der Waals surface area contributed by atoms with Gasteiger partial charge in [-0.15, -0.1) is 0 Å². The molecule has 0 bridgehead atoms. The molecule has 2 aliphatic rings. The number of carbonyl (C=O) groups excluding carboxylic acids is 1. The third kappa shape index (κ3) is 8.12. The molecule has 27 heteroatoms. The van der Waals surface area contributed by atoms with Gasteiger partial charge in [-0.2, -0.15) is 4.57 Å². The molecular formula is C21H27N7O17P3-. The van der Waals surface area contributed by atoms with Gasteiger partial charge in [0.25, 0.3) is 27.8 Å². The van der Waals surface area contributed by atoms with E-state index in [0.717, 1.165) is 17.2 Å². The van der Waals surface area contributed by atoms with Gasteiger partial charge in [-0.1, -0.05) is 0 Å². The lowest BCUT2D eigenvalue weighted by Crippen LogP contribution is -2.46. The molecule has 0 aromatic carbocycles. The Kier molecular flexibility index (Phi) is 10.5. The molecule has 5 rings (SSSR count). The highest BCUT2D eigenvalue weighted by atomic mass is 31.3. The number of rotatable bonds is 13. The normalized spacial score (nSPS) is 30.3. The molecule has 0 aliphatic carbocycles. The third-order valence-corrected chi connectivity index (χ3v) is 10.0. The number of hydrogen-bond acceptors (Lipinski definition) is 19. The van der Waals surface area contributed by atoms with Gasteiger partial charge in [0.15, 0.2) is 36.2 Å². The molecule has 10 atom stereocenters. The van der Waals surface area contributed by atoms with Crippen LogP contribution in [0.4, 0.5) is 5.82 Å². The zero-order valence-electron chi connectivity index (χ0n) is 23.9. The molecule has 9 N–H and O–H groups in total. The first-order valence-corrected chi connectivity index (χ1v) is 17.8. The largest absolute Gasteiger partial charge is 0.756 e. The Bertz CT molecular complexity index is 1810. The number of imidazole rings is 1. The summed E-state index contributed by atoms with van der Waals surface area (Å²) in [6.45, 7) is -2.21. The lowest BCUT2D eigenvalue weighted by molar-refractivity contribution is -0.765. The van der Waals surface area contributed by atoms with E-state index in [-0.39, 0.29) is 22.5 Å². The van der Waals surface area contributed by atoms with Gasteiger partial charge in [-0.3, -0.25) is 23.0 Å². The quantitative estimate of drug-likeness (QED) is 0.0645. The predicted molar refractivity (Wildman–Crippen MR) is 146 cm³/mol. The molecule has 5 heterocycles. The summed E-state index contributed by atoms with van der Waals surface area (Å²) in [4.78, 5) is 66.6. The summed E-state index contributed by atoms with van der Waals surface area (Å²) < 4.78 is 67.4. The van der Waals surface area contributed by atoms with E-state index in [1.807, 2.05) is 0 Å². The number of aliphatic hydroxyl groups is 3. The number of ether oxygens (including phenoxy) is 2. The second kappa shape index (κ2) is 13.8. The van der Waals surface area contributed by atoms with Gasteiger partial charge in [-0.05, 0) is 6.07 Å². The molecule has 6 unspecified atom stereocenters. The smallest absolute Gasteiger partial charge is 0.470 e. The van der Waals surface area contributed by atoms with E-state index in [1.165, 1.54) is 29.1 Å². The maximum atomic E-state index is 12.4. The van der Waals surface area contributed by atoms with Crippen molar-refractivity contribution in [3.8, 4) is 0 Å². The molecule has 0 radical (unpaired) electrons. The summed E-state index contributed by atoms with van der Waals surface area (Å²) >= 11 is 0. The van der Waals surface area contributed by atoms with Crippen LogP contribution in [0, 0.1) is 0 Å². The summed E-state index contributed by atoms with van der Waals surface area (Å²) in [5.74, 6) is -0.876. The zero-order chi connectivity index (χ0) is 35.2. The van der Waals surface area contributed by atoms with Gasteiger partial charge in [0, 0.05) is 6.07 Å². The van der Waals surface area contributed by atoms with Crippen LogP contribution in [0.1, 0.15) is 22.8 Å². The average molecular weight is 742 g/mol. The molecule has 2 aliphatic heterocycles. The fourth-order valence-corrected chi connectivity index (χ4v) is 7.38. The fourth-order valence-electron chi connectivity index (χ4n) is 4.82. The van der Waals surface area contributed by atoms with Crippen molar-refractivity contribution >= 4 is 46.4 Å². The van der Waals surface area contributed by atoms with Crippen LogP contribution in [0.2, 0.25) is 0 Å². The highest BCUT2D eigenvalue weighted by Gasteiger charge is 2.50. The van der Waals surface area contributed by atoms with E-state index in [0.29, 0.717) is 0 Å². The van der Waals surface area contributed by atoms with Crippen LogP contribution < -0.4 is 25.8 Å². The molecular weight excluding hydrogens is 715 g/mol. The second-order valence-electron chi connectivity index (χ2n) is 10.2. The Morgan fingerprint density at radius 2 is 1.65 bits per heavy atom. The molecule has 1 amide bonds. The van der Waals surface area contributed by atoms with Crippen LogP contribution in [0.5, 0.6) is 0 Å². The molecule has 24 nitrogen and oxygen atoms in total. The number of phosphoric ester groups is 3. The van der Waals surface area contributed by atoms with Crippen LogP contribution in [0.25, 0.3) is 11.2 Å². The molecule has 264 valence electrons. The van der Waals surface area contributed by atoms with Crippen molar-refractivity contribution in [2.45, 2.75) is 49.1 Å². The minimum Gasteiger partial charge on any atom is -0.756 e. The van der Waals surface area contributed by atoms with Crippen molar-refractivity contribution in [3.63, 3.8) is 0 Å². The van der Waals surface area contributed by atoms with Gasteiger partial charge in [0.05, 0.1) is 19.5 Å². The van der Waals surface area contributed by atoms with E-state index >= 15 is 0 Å². The number of nitrogens with two attached hydrogens (primary N) is 2. The standard InChI is InChI=1S/C21H28N7O17P3/c22-17-12-19(25-7-24-17)28(8-26-12)21-16(44-46(33,34)35)14(30)11(43-21)6-41-48(38,39)45-47(36,37)40-5-10-13(29)15(31)20(42-10)27-3-1-2-9(4-27)18(23)32/h1-4,7-8,10-11,13-16,20-21,29-31H,5-6H2,(H7-,22,23,24,25,32,33,34,35,36,37,38,39)/p-1/t10-,11+,13?,14?,15?,16?,20-,21+/m0/s1. The fraction of sp³-hybridized carbons (Fsp3) is 0.476. The maximum absolute atomic E-state index is 12.4. The first-order chi connectivity index (χ1) is 22.4. The molecule has 0 saturated carbocycles. The van der Waals surface area contributed by atoms with Crippen LogP contribution in [-0.4, -0.2) is 100 Å². The highest BCUT2D eigenvalue weighted by Crippen LogP contribution is 2.56. The predicted octanol–water partition coefficient (Wildman–Crippen LogP) is -4.16. The summed E-state index contributed by atoms with van der Waals surface area (Å²) in [5, 5.41) is 31.4. The van der Waals surface area contributed by atoms with Gasteiger partial charge >= 0.3 is 7.82 Å². The summed E-state index contributed by atoms with van der Waals surface area (Å²) in [6.07, 6.45) is -8.80. The number of hydrogen-bond donors (Lipinski definition) is 7. The minimum atomic E-state index is -5.84. The first-order valence-electron chi connectivity index (χ1n) is 13.3. The molecule has 0 spiro atoms. The van der Waals surface area contributed by atoms with E-state index < -0.39 is 91.7 Å². The second-order valence-corrected chi connectivity index (χ2v) is 14.4. The molecule has 3 aromatic rings. The number of nitrogens with zero attached hydrogens (tertiary/aromatic N) is 5. The molecule has 2 saturated heterocycles. The maximum Gasteiger partial charge on any atom is 0.470 e. The molecule has 2 fully saturated rings. The summed E-state index contributed by atoms with van der Waals surface area (Å²) in [5.41, 5.74) is 11.0. The van der Waals surface area contributed by atoms with Crippen LogP contribution in [0.3, 0.4) is 0 Å². The Morgan fingerprint density at radius 3 is 2.27 bits per heavy atom. The van der Waals surface area contributed by atoms with E-state index in [9.17, 15) is 53.4 Å². The highest BCUT2D eigenvalue weighted by molar-refractivity contribution is 7.59. The van der Waals surface area contributed by atoms with Gasteiger partial charge in [-0.25, -0.2) is 23.8 Å². The van der Waals surface area contributed by atoms with E-state index in [4.69, 9.17) is 20.9 Å². The monoisotopic (exact) mass is 742 g/mol. The van der Waals surface area contributed by atoms with Crippen molar-refractivity contribution in [1.29, 1.82) is 0 Å². The van der Waals surface area contributed by atoms with Gasteiger partial charge in [0.2, 0.25) is 0 Å². The topological polar surface area (TPSA) is 370 Å². The third-order valence-electron chi connectivity index (χ3n) is 6.96. The molecule has 3 aromatic heterocycles. The van der Waals surface area contributed by atoms with Crippen LogP contribution in [-0.2, 0) is 41.1 Å². The number of aromatic nitrogens is 5. The Labute approximate surface area is 267 Å². The number of pyridine rings is 1. The summed E-state index contributed by atoms with van der Waals surface area (Å²) in [7, 11) is -16.9. The van der Waals surface area contributed by atoms with Gasteiger partial charge < -0.3 is 64.9 Å². The number of fused-ring (bicyclic) bond motifs is 1. The lowest BCUT2D eigenvalue weighted by atomic mass is 10.1. The number of amides is 1. The Hall–Kier alpha value is -2.86. The first kappa shape index (κ1) is 36.4. The number of carbonyl (C=O) groups is 1.